The topological polar surface area (TPSA) is 44.4 Å². The normalized spacial score (nSPS) is 25.4. The third-order valence-electron chi connectivity index (χ3n) is 3.36. The first-order valence-corrected chi connectivity index (χ1v) is 6.25. The van der Waals surface area contributed by atoms with Crippen LogP contribution in [0.25, 0.3) is 0 Å². The zero-order valence-corrected chi connectivity index (χ0v) is 10.8. The minimum atomic E-state index is -0.327. The summed E-state index contributed by atoms with van der Waals surface area (Å²) in [5, 5.41) is 6.46. The second kappa shape index (κ2) is 6.21. The van der Waals surface area contributed by atoms with Gasteiger partial charge in [0, 0.05) is 13.6 Å². The van der Waals surface area contributed by atoms with E-state index in [-0.39, 0.29) is 11.4 Å². The summed E-state index contributed by atoms with van der Waals surface area (Å²) in [5.41, 5.74) is -0.327. The average molecular weight is 227 g/mol. The molecule has 0 aromatic rings. The molecule has 0 aromatic carbocycles. The van der Waals surface area contributed by atoms with Crippen molar-refractivity contribution in [2.45, 2.75) is 38.1 Å². The standard InChI is InChI=1S/C12H25N3O/c1-12(7-4-5-9-14-12)11(16)15(3)10-6-8-13-2/h13-14H,4-10H2,1-3H3. The van der Waals surface area contributed by atoms with Crippen LogP contribution in [0.4, 0.5) is 0 Å². The predicted octanol–water partition coefficient (Wildman–Crippen LogP) is 0.587. The highest BCUT2D eigenvalue weighted by Gasteiger charge is 2.35. The summed E-state index contributed by atoms with van der Waals surface area (Å²) in [6.45, 7) is 4.79. The minimum absolute atomic E-state index is 0.239. The lowest BCUT2D eigenvalue weighted by Crippen LogP contribution is -2.57. The van der Waals surface area contributed by atoms with Crippen LogP contribution < -0.4 is 10.6 Å². The Morgan fingerprint density at radius 1 is 1.50 bits per heavy atom. The molecule has 1 atom stereocenters. The van der Waals surface area contributed by atoms with Crippen molar-refractivity contribution in [1.29, 1.82) is 0 Å². The van der Waals surface area contributed by atoms with Gasteiger partial charge in [0.25, 0.3) is 0 Å². The van der Waals surface area contributed by atoms with E-state index in [1.54, 1.807) is 0 Å². The molecule has 0 spiro atoms. The molecule has 1 fully saturated rings. The monoisotopic (exact) mass is 227 g/mol. The third-order valence-corrected chi connectivity index (χ3v) is 3.36. The van der Waals surface area contributed by atoms with E-state index in [0.717, 1.165) is 38.9 Å². The van der Waals surface area contributed by atoms with Crippen LogP contribution in [0.5, 0.6) is 0 Å². The van der Waals surface area contributed by atoms with Crippen LogP contribution in [0.2, 0.25) is 0 Å². The maximum atomic E-state index is 12.3. The number of hydrogen-bond donors (Lipinski definition) is 2. The smallest absolute Gasteiger partial charge is 0.242 e. The molecule has 0 saturated carbocycles. The van der Waals surface area contributed by atoms with Gasteiger partial charge in [0.1, 0.15) is 0 Å². The summed E-state index contributed by atoms with van der Waals surface area (Å²) in [6.07, 6.45) is 4.31. The molecule has 0 aromatic heterocycles. The second-order valence-electron chi connectivity index (χ2n) is 4.90. The van der Waals surface area contributed by atoms with E-state index in [0.29, 0.717) is 0 Å². The Bertz CT molecular complexity index is 224. The summed E-state index contributed by atoms with van der Waals surface area (Å²) in [7, 11) is 3.84. The van der Waals surface area contributed by atoms with Crippen molar-refractivity contribution in [3.63, 3.8) is 0 Å². The molecule has 94 valence electrons. The van der Waals surface area contributed by atoms with Gasteiger partial charge in [0.15, 0.2) is 0 Å². The maximum absolute atomic E-state index is 12.3. The quantitative estimate of drug-likeness (QED) is 0.676. The number of nitrogens with zero attached hydrogens (tertiary/aromatic N) is 1. The van der Waals surface area contributed by atoms with Crippen molar-refractivity contribution in [3.05, 3.63) is 0 Å². The lowest BCUT2D eigenvalue weighted by molar-refractivity contribution is -0.137. The molecule has 0 radical (unpaired) electrons. The highest BCUT2D eigenvalue weighted by atomic mass is 16.2. The molecular formula is C12H25N3O. The lowest BCUT2D eigenvalue weighted by atomic mass is 9.89. The Morgan fingerprint density at radius 3 is 2.81 bits per heavy atom. The molecule has 1 rings (SSSR count). The fourth-order valence-corrected chi connectivity index (χ4v) is 2.25. The number of rotatable bonds is 5. The number of amides is 1. The molecule has 1 aliphatic rings. The molecule has 0 bridgehead atoms. The van der Waals surface area contributed by atoms with Gasteiger partial charge in [-0.3, -0.25) is 4.79 Å². The van der Waals surface area contributed by atoms with Crippen LogP contribution in [0.15, 0.2) is 0 Å². The van der Waals surface area contributed by atoms with E-state index >= 15 is 0 Å². The van der Waals surface area contributed by atoms with Gasteiger partial charge in [0.05, 0.1) is 5.54 Å². The largest absolute Gasteiger partial charge is 0.344 e. The molecule has 1 heterocycles. The van der Waals surface area contributed by atoms with Crippen LogP contribution >= 0.6 is 0 Å². The van der Waals surface area contributed by atoms with Crippen LogP contribution in [0, 0.1) is 0 Å². The van der Waals surface area contributed by atoms with Gasteiger partial charge in [-0.05, 0) is 52.7 Å². The van der Waals surface area contributed by atoms with Crippen LogP contribution in [0.1, 0.15) is 32.6 Å². The first-order chi connectivity index (χ1) is 7.60. The number of hydrogen-bond acceptors (Lipinski definition) is 3. The fraction of sp³-hybridized carbons (Fsp3) is 0.917. The van der Waals surface area contributed by atoms with Crippen molar-refractivity contribution in [3.8, 4) is 0 Å². The summed E-state index contributed by atoms with van der Waals surface area (Å²) < 4.78 is 0. The molecule has 2 N–H and O–H groups in total. The first kappa shape index (κ1) is 13.5. The van der Waals surface area contributed by atoms with Crippen LogP contribution in [0.3, 0.4) is 0 Å². The van der Waals surface area contributed by atoms with Gasteiger partial charge < -0.3 is 15.5 Å². The first-order valence-electron chi connectivity index (χ1n) is 6.25. The Morgan fingerprint density at radius 2 is 2.25 bits per heavy atom. The van der Waals surface area contributed by atoms with E-state index in [4.69, 9.17) is 0 Å². The molecule has 1 aliphatic heterocycles. The summed E-state index contributed by atoms with van der Waals surface area (Å²) in [5.74, 6) is 0.239. The van der Waals surface area contributed by atoms with E-state index in [1.807, 2.05) is 25.9 Å². The summed E-state index contributed by atoms with van der Waals surface area (Å²) in [6, 6.07) is 0. The van der Waals surface area contributed by atoms with E-state index in [2.05, 4.69) is 10.6 Å². The molecule has 16 heavy (non-hydrogen) atoms. The number of likely N-dealkylation sites (N-methyl/N-ethyl adjacent to an activating group) is 1. The number of piperidine rings is 1. The molecular weight excluding hydrogens is 202 g/mol. The van der Waals surface area contributed by atoms with E-state index < -0.39 is 0 Å². The van der Waals surface area contributed by atoms with Gasteiger partial charge in [0.2, 0.25) is 5.91 Å². The van der Waals surface area contributed by atoms with E-state index in [9.17, 15) is 4.79 Å². The molecule has 1 saturated heterocycles. The Labute approximate surface area is 98.8 Å². The molecule has 1 amide bonds. The zero-order chi connectivity index (χ0) is 12.0. The van der Waals surface area contributed by atoms with Crippen molar-refractivity contribution < 1.29 is 4.79 Å². The van der Waals surface area contributed by atoms with Crippen LogP contribution in [-0.2, 0) is 4.79 Å². The zero-order valence-electron chi connectivity index (χ0n) is 10.8. The van der Waals surface area contributed by atoms with Crippen molar-refractivity contribution in [2.75, 3.05) is 33.7 Å². The molecule has 4 heteroatoms. The second-order valence-corrected chi connectivity index (χ2v) is 4.90. The average Bonchev–Trinajstić information content (AvgIpc) is 2.29. The molecule has 4 nitrogen and oxygen atoms in total. The SMILES string of the molecule is CNCCCN(C)C(=O)C1(C)CCCCN1. The number of nitrogens with one attached hydrogen (secondary N) is 2. The fourth-order valence-electron chi connectivity index (χ4n) is 2.25. The lowest BCUT2D eigenvalue weighted by Gasteiger charge is -2.36. The Hall–Kier alpha value is -0.610. The highest BCUT2D eigenvalue weighted by molar-refractivity contribution is 5.85. The van der Waals surface area contributed by atoms with Crippen molar-refractivity contribution in [1.82, 2.24) is 15.5 Å². The van der Waals surface area contributed by atoms with Gasteiger partial charge in [-0.25, -0.2) is 0 Å². The van der Waals surface area contributed by atoms with Crippen LogP contribution in [-0.4, -0.2) is 50.1 Å². The third kappa shape index (κ3) is 3.46. The maximum Gasteiger partial charge on any atom is 0.242 e. The van der Waals surface area contributed by atoms with Gasteiger partial charge >= 0.3 is 0 Å². The minimum Gasteiger partial charge on any atom is -0.344 e. The predicted molar refractivity (Wildman–Crippen MR) is 66.4 cm³/mol. The number of carbonyl (C=O) groups excluding carboxylic acids is 1. The molecule has 0 aliphatic carbocycles. The summed E-state index contributed by atoms with van der Waals surface area (Å²) in [4.78, 5) is 14.1. The molecule has 1 unspecified atom stereocenters. The van der Waals surface area contributed by atoms with Gasteiger partial charge in [-0.15, -0.1) is 0 Å². The van der Waals surface area contributed by atoms with Gasteiger partial charge in [-0.2, -0.15) is 0 Å². The van der Waals surface area contributed by atoms with Crippen molar-refractivity contribution in [2.24, 2.45) is 0 Å². The Kier molecular flexibility index (Phi) is 5.22. The van der Waals surface area contributed by atoms with E-state index in [1.165, 1.54) is 6.42 Å². The highest BCUT2D eigenvalue weighted by Crippen LogP contribution is 2.20. The number of carbonyl (C=O) groups is 1. The van der Waals surface area contributed by atoms with Gasteiger partial charge in [-0.1, -0.05) is 0 Å². The summed E-state index contributed by atoms with van der Waals surface area (Å²) >= 11 is 0. The van der Waals surface area contributed by atoms with Crippen molar-refractivity contribution >= 4 is 5.91 Å². The Balaban J connectivity index is 2.41.